The Labute approximate surface area is 93.9 Å². The van der Waals surface area contributed by atoms with Crippen LogP contribution in [0.5, 0.6) is 0 Å². The number of hydrogen-bond donors (Lipinski definition) is 1. The van der Waals surface area contributed by atoms with E-state index >= 15 is 0 Å². The van der Waals surface area contributed by atoms with E-state index in [2.05, 4.69) is 22.7 Å². The predicted molar refractivity (Wildman–Crippen MR) is 64.2 cm³/mol. The van der Waals surface area contributed by atoms with Crippen molar-refractivity contribution < 1.29 is 0 Å². The molecule has 2 aromatic rings. The Balaban J connectivity index is 2.21. The van der Waals surface area contributed by atoms with Crippen LogP contribution in [0.2, 0.25) is 0 Å². The summed E-state index contributed by atoms with van der Waals surface area (Å²) in [4.78, 5) is 3.90. The number of nitrogens with zero attached hydrogens (tertiary/aromatic N) is 3. The van der Waals surface area contributed by atoms with Gasteiger partial charge in [0.1, 0.15) is 12.7 Å². The molecule has 0 spiro atoms. The molecule has 0 saturated carbocycles. The van der Waals surface area contributed by atoms with Crippen molar-refractivity contribution in [1.29, 1.82) is 0 Å². The Hall–Kier alpha value is -1.55. The van der Waals surface area contributed by atoms with Crippen molar-refractivity contribution in [3.8, 4) is 5.69 Å². The molecule has 1 aromatic carbocycles. The molecule has 0 aliphatic heterocycles. The first-order valence-corrected chi connectivity index (χ1v) is 5.26. The summed E-state index contributed by atoms with van der Waals surface area (Å²) in [6.07, 6.45) is 7.25. The fourth-order valence-electron chi connectivity index (χ4n) is 1.27. The van der Waals surface area contributed by atoms with Gasteiger partial charge >= 0.3 is 0 Å². The Morgan fingerprint density at radius 2 is 2.07 bits per heavy atom. The average molecular weight is 217 g/mol. The number of benzene rings is 1. The quantitative estimate of drug-likeness (QED) is 0.799. The van der Waals surface area contributed by atoms with Crippen LogP contribution in [0.1, 0.15) is 5.56 Å². The van der Waals surface area contributed by atoms with E-state index in [1.54, 1.807) is 11.0 Å². The van der Waals surface area contributed by atoms with Gasteiger partial charge in [0, 0.05) is 5.75 Å². The molecule has 15 heavy (non-hydrogen) atoms. The molecule has 76 valence electrons. The molecule has 0 bridgehead atoms. The average Bonchev–Trinajstić information content (AvgIpc) is 2.80. The summed E-state index contributed by atoms with van der Waals surface area (Å²) in [6, 6.07) is 8.09. The summed E-state index contributed by atoms with van der Waals surface area (Å²) < 4.78 is 1.73. The zero-order valence-electron chi connectivity index (χ0n) is 8.11. The van der Waals surface area contributed by atoms with Gasteiger partial charge in [-0.3, -0.25) is 0 Å². The first-order valence-electron chi connectivity index (χ1n) is 4.62. The Bertz CT molecular complexity index is 431. The lowest BCUT2D eigenvalue weighted by molar-refractivity contribution is 0.879. The highest BCUT2D eigenvalue weighted by Gasteiger charge is 1.94. The molecule has 0 saturated heterocycles. The zero-order valence-corrected chi connectivity index (χ0v) is 9.01. The third kappa shape index (κ3) is 2.47. The molecule has 0 radical (unpaired) electrons. The molecule has 3 nitrogen and oxygen atoms in total. The summed E-state index contributed by atoms with van der Waals surface area (Å²) in [7, 11) is 0. The number of rotatable bonds is 3. The van der Waals surface area contributed by atoms with Gasteiger partial charge in [-0.25, -0.2) is 9.67 Å². The van der Waals surface area contributed by atoms with Crippen LogP contribution in [0.15, 0.2) is 43.0 Å². The van der Waals surface area contributed by atoms with Crippen molar-refractivity contribution in [2.24, 2.45) is 0 Å². The van der Waals surface area contributed by atoms with Gasteiger partial charge in [-0.15, -0.1) is 0 Å². The van der Waals surface area contributed by atoms with E-state index in [1.807, 2.05) is 36.4 Å². The molecular weight excluding hydrogens is 206 g/mol. The lowest BCUT2D eigenvalue weighted by Gasteiger charge is -2.00. The minimum Gasteiger partial charge on any atom is -0.223 e. The van der Waals surface area contributed by atoms with E-state index in [1.165, 1.54) is 6.33 Å². The largest absolute Gasteiger partial charge is 0.223 e. The predicted octanol–water partition coefficient (Wildman–Crippen LogP) is 2.21. The van der Waals surface area contributed by atoms with Crippen LogP contribution in [0.4, 0.5) is 0 Å². The van der Waals surface area contributed by atoms with Gasteiger partial charge in [0.25, 0.3) is 0 Å². The van der Waals surface area contributed by atoms with Crippen molar-refractivity contribution in [2.75, 3.05) is 5.75 Å². The third-order valence-electron chi connectivity index (χ3n) is 1.99. The SMILES string of the molecule is SCC=Cc1ccc(-n2cncn2)cc1. The first kappa shape index (κ1) is 9.98. The minimum absolute atomic E-state index is 0.755. The molecule has 1 heterocycles. The van der Waals surface area contributed by atoms with Gasteiger partial charge < -0.3 is 0 Å². The normalized spacial score (nSPS) is 11.0. The Kier molecular flexibility index (Phi) is 3.19. The van der Waals surface area contributed by atoms with Crippen LogP contribution in [0.25, 0.3) is 11.8 Å². The van der Waals surface area contributed by atoms with E-state index in [0.29, 0.717) is 0 Å². The topological polar surface area (TPSA) is 30.7 Å². The van der Waals surface area contributed by atoms with Gasteiger partial charge in [-0.1, -0.05) is 24.3 Å². The first-order chi connectivity index (χ1) is 7.40. The molecule has 0 aliphatic carbocycles. The maximum atomic E-state index is 4.11. The van der Waals surface area contributed by atoms with Crippen LogP contribution >= 0.6 is 12.6 Å². The van der Waals surface area contributed by atoms with Crippen LogP contribution in [0, 0.1) is 0 Å². The summed E-state index contributed by atoms with van der Waals surface area (Å²) in [5.41, 5.74) is 2.17. The van der Waals surface area contributed by atoms with E-state index in [4.69, 9.17) is 0 Å². The fourth-order valence-corrected chi connectivity index (χ4v) is 1.37. The summed E-state index contributed by atoms with van der Waals surface area (Å²) in [6.45, 7) is 0. The smallest absolute Gasteiger partial charge is 0.138 e. The molecule has 0 unspecified atom stereocenters. The van der Waals surface area contributed by atoms with Crippen LogP contribution < -0.4 is 0 Å². The Morgan fingerprint density at radius 1 is 1.27 bits per heavy atom. The molecule has 0 aliphatic rings. The maximum Gasteiger partial charge on any atom is 0.138 e. The standard InChI is InChI=1S/C11H11N3S/c15-7-1-2-10-3-5-11(6-4-10)14-9-12-8-13-14/h1-6,8-9,15H,7H2. The number of thiol groups is 1. The van der Waals surface area contributed by atoms with E-state index in [0.717, 1.165) is 17.0 Å². The van der Waals surface area contributed by atoms with Gasteiger partial charge in [-0.2, -0.15) is 17.7 Å². The van der Waals surface area contributed by atoms with Crippen LogP contribution in [-0.4, -0.2) is 20.5 Å². The fraction of sp³-hybridized carbons (Fsp3) is 0.0909. The van der Waals surface area contributed by atoms with Crippen molar-refractivity contribution in [3.63, 3.8) is 0 Å². The summed E-state index contributed by atoms with van der Waals surface area (Å²) in [5, 5.41) is 4.05. The zero-order chi connectivity index (χ0) is 10.5. The van der Waals surface area contributed by atoms with Crippen molar-refractivity contribution in [2.45, 2.75) is 0 Å². The van der Waals surface area contributed by atoms with E-state index in [-0.39, 0.29) is 0 Å². The van der Waals surface area contributed by atoms with Gasteiger partial charge in [0.2, 0.25) is 0 Å². The highest BCUT2D eigenvalue weighted by molar-refractivity contribution is 7.80. The molecular formula is C11H11N3S. The van der Waals surface area contributed by atoms with E-state index in [9.17, 15) is 0 Å². The van der Waals surface area contributed by atoms with Gasteiger partial charge in [0.15, 0.2) is 0 Å². The summed E-state index contributed by atoms with van der Waals surface area (Å²) >= 11 is 4.11. The van der Waals surface area contributed by atoms with Crippen LogP contribution in [-0.2, 0) is 0 Å². The third-order valence-corrected chi connectivity index (χ3v) is 2.20. The molecule has 0 fully saturated rings. The van der Waals surface area contributed by atoms with Gasteiger partial charge in [-0.05, 0) is 17.7 Å². The second-order valence-corrected chi connectivity index (χ2v) is 3.38. The molecule has 2 rings (SSSR count). The second-order valence-electron chi connectivity index (χ2n) is 3.02. The highest BCUT2D eigenvalue weighted by atomic mass is 32.1. The monoisotopic (exact) mass is 217 g/mol. The van der Waals surface area contributed by atoms with Crippen molar-refractivity contribution >= 4 is 18.7 Å². The number of aromatic nitrogens is 3. The van der Waals surface area contributed by atoms with Crippen molar-refractivity contribution in [3.05, 3.63) is 48.6 Å². The summed E-state index contributed by atoms with van der Waals surface area (Å²) in [5.74, 6) is 0.755. The lowest BCUT2D eigenvalue weighted by atomic mass is 10.2. The van der Waals surface area contributed by atoms with Crippen molar-refractivity contribution in [1.82, 2.24) is 14.8 Å². The van der Waals surface area contributed by atoms with E-state index < -0.39 is 0 Å². The maximum absolute atomic E-state index is 4.11. The van der Waals surface area contributed by atoms with Gasteiger partial charge in [0.05, 0.1) is 5.69 Å². The molecule has 0 N–H and O–H groups in total. The minimum atomic E-state index is 0.755. The Morgan fingerprint density at radius 3 is 2.67 bits per heavy atom. The molecule has 0 atom stereocenters. The number of hydrogen-bond acceptors (Lipinski definition) is 3. The molecule has 4 heteroatoms. The van der Waals surface area contributed by atoms with Crippen LogP contribution in [0.3, 0.4) is 0 Å². The molecule has 1 aromatic heterocycles. The highest BCUT2D eigenvalue weighted by Crippen LogP contribution is 2.09. The lowest BCUT2D eigenvalue weighted by Crippen LogP contribution is -1.93. The second kappa shape index (κ2) is 4.79. The molecule has 0 amide bonds.